The van der Waals surface area contributed by atoms with E-state index < -0.39 is 11.9 Å². The van der Waals surface area contributed by atoms with Gasteiger partial charge in [0.2, 0.25) is 11.8 Å². The second-order valence-electron chi connectivity index (χ2n) is 7.93. The molecule has 3 N–H and O–H groups in total. The van der Waals surface area contributed by atoms with Crippen molar-refractivity contribution in [3.8, 4) is 5.69 Å². The molecule has 0 fully saturated rings. The Bertz CT molecular complexity index is 1240. The van der Waals surface area contributed by atoms with Crippen LogP contribution in [0.5, 0.6) is 0 Å². The number of benzene rings is 2. The number of halogens is 1. The number of aromatic nitrogens is 4. The first-order chi connectivity index (χ1) is 17.0. The minimum Gasteiger partial charge on any atom is -0.354 e. The summed E-state index contributed by atoms with van der Waals surface area (Å²) in [7, 11) is 0. The third-order valence-corrected chi connectivity index (χ3v) is 5.71. The quantitative estimate of drug-likeness (QED) is 0.468. The van der Waals surface area contributed by atoms with E-state index in [0.29, 0.717) is 42.1 Å². The first kappa shape index (κ1) is 24.1. The van der Waals surface area contributed by atoms with E-state index in [-0.39, 0.29) is 18.2 Å². The molecule has 2 aromatic carbocycles. The van der Waals surface area contributed by atoms with Crippen molar-refractivity contribution < 1.29 is 14.4 Å². The van der Waals surface area contributed by atoms with E-state index in [2.05, 4.69) is 31.5 Å². The normalized spacial score (nSPS) is 17.2. The van der Waals surface area contributed by atoms with E-state index in [1.807, 2.05) is 12.1 Å². The molecule has 0 saturated carbocycles. The minimum absolute atomic E-state index is 0.174. The molecule has 1 aromatic heterocycles. The summed E-state index contributed by atoms with van der Waals surface area (Å²) in [4.78, 5) is 38.1. The monoisotopic (exact) mass is 493 g/mol. The summed E-state index contributed by atoms with van der Waals surface area (Å²) >= 11 is 6.17. The summed E-state index contributed by atoms with van der Waals surface area (Å²) in [5, 5.41) is 20.3. The van der Waals surface area contributed by atoms with Crippen molar-refractivity contribution in [2.45, 2.75) is 31.7 Å². The number of nitrogens with one attached hydrogen (secondary N) is 3. The van der Waals surface area contributed by atoms with Gasteiger partial charge in [-0.2, -0.15) is 0 Å². The number of nitrogens with zero attached hydrogens (tertiary/aromatic N) is 4. The van der Waals surface area contributed by atoms with E-state index in [9.17, 15) is 14.4 Å². The molecule has 1 unspecified atom stereocenters. The van der Waals surface area contributed by atoms with Crippen molar-refractivity contribution in [1.82, 2.24) is 30.8 Å². The van der Waals surface area contributed by atoms with Gasteiger partial charge in [-0.3, -0.25) is 14.4 Å². The summed E-state index contributed by atoms with van der Waals surface area (Å²) in [5.41, 5.74) is 2.33. The van der Waals surface area contributed by atoms with Crippen molar-refractivity contribution in [3.63, 3.8) is 0 Å². The van der Waals surface area contributed by atoms with E-state index in [0.717, 1.165) is 11.3 Å². The summed E-state index contributed by atoms with van der Waals surface area (Å²) in [5.74, 6) is -0.926. The summed E-state index contributed by atoms with van der Waals surface area (Å²) in [6, 6.07) is 11.3. The van der Waals surface area contributed by atoms with Crippen molar-refractivity contribution >= 4 is 35.0 Å². The zero-order chi connectivity index (χ0) is 24.6. The first-order valence-corrected chi connectivity index (χ1v) is 11.5. The Balaban J connectivity index is 1.45. The Morgan fingerprint density at radius 2 is 2.03 bits per heavy atom. The highest BCUT2D eigenvalue weighted by molar-refractivity contribution is 6.30. The number of hydrogen-bond acceptors (Lipinski definition) is 6. The maximum absolute atomic E-state index is 13.0. The zero-order valence-corrected chi connectivity index (χ0v) is 19.5. The molecule has 0 aliphatic carbocycles. The van der Waals surface area contributed by atoms with Gasteiger partial charge in [0.15, 0.2) is 0 Å². The predicted molar refractivity (Wildman–Crippen MR) is 130 cm³/mol. The lowest BCUT2D eigenvalue weighted by atomic mass is 10.1. The molecule has 2 heterocycles. The largest absolute Gasteiger partial charge is 0.354 e. The van der Waals surface area contributed by atoms with Gasteiger partial charge in [-0.05, 0) is 65.6 Å². The third kappa shape index (κ3) is 6.30. The van der Waals surface area contributed by atoms with Gasteiger partial charge in [0, 0.05) is 18.0 Å². The zero-order valence-electron chi connectivity index (χ0n) is 18.8. The molecular weight excluding hydrogens is 470 g/mol. The van der Waals surface area contributed by atoms with Gasteiger partial charge in [-0.1, -0.05) is 35.9 Å². The molecule has 3 amide bonds. The van der Waals surface area contributed by atoms with Gasteiger partial charge < -0.3 is 16.0 Å². The molecule has 180 valence electrons. The number of hydrogen-bond donors (Lipinski definition) is 3. The van der Waals surface area contributed by atoms with Crippen LogP contribution in [-0.4, -0.2) is 50.5 Å². The standard InChI is InChI=1S/C24H24ClN7O3/c25-17-10-11-21(32-15-27-30-31-32)16(14-17)12-13-26-24(35)20-8-2-1-3-9-22(33)28-19-7-5-4-6-18(19)23(34)29-20/h1-2,4-7,10-11,14-15,20H,3,8-9,12-13H2,(H,26,35)(H,28,33)(H,29,34)/b2-1-. The molecule has 4 rings (SSSR count). The van der Waals surface area contributed by atoms with Crippen LogP contribution in [0.25, 0.3) is 5.69 Å². The number of allylic oxidation sites excluding steroid dienone is 1. The topological polar surface area (TPSA) is 131 Å². The minimum atomic E-state index is -0.778. The summed E-state index contributed by atoms with van der Waals surface area (Å²) in [6.07, 6.45) is 6.72. The molecule has 1 aliphatic rings. The SMILES string of the molecule is O=C1CC/C=C\CC(C(=O)NCCc2cc(Cl)ccc2-n2cnnn2)NC(=O)c2ccccc2N1. The van der Waals surface area contributed by atoms with Gasteiger partial charge >= 0.3 is 0 Å². The van der Waals surface area contributed by atoms with Gasteiger partial charge in [0.1, 0.15) is 12.4 Å². The Kier molecular flexibility index (Phi) is 7.84. The number of amides is 3. The van der Waals surface area contributed by atoms with Crippen LogP contribution in [0, 0.1) is 0 Å². The number of carbonyl (C=O) groups excluding carboxylic acids is 3. The van der Waals surface area contributed by atoms with Crippen LogP contribution in [0.1, 0.15) is 35.2 Å². The number of rotatable bonds is 5. The Hall–Kier alpha value is -4.05. The fourth-order valence-electron chi connectivity index (χ4n) is 3.73. The summed E-state index contributed by atoms with van der Waals surface area (Å²) < 4.78 is 1.53. The van der Waals surface area contributed by atoms with Crippen molar-refractivity contribution in [3.05, 3.63) is 77.1 Å². The molecule has 3 aromatic rings. The van der Waals surface area contributed by atoms with Crippen LogP contribution < -0.4 is 16.0 Å². The van der Waals surface area contributed by atoms with Crippen LogP contribution in [0.2, 0.25) is 5.02 Å². The third-order valence-electron chi connectivity index (χ3n) is 5.48. The molecule has 0 radical (unpaired) electrons. The fraction of sp³-hybridized carbons (Fsp3) is 0.250. The number of carbonyl (C=O) groups is 3. The second kappa shape index (κ2) is 11.4. The van der Waals surface area contributed by atoms with E-state index in [1.54, 1.807) is 42.5 Å². The number of tetrazole rings is 1. The first-order valence-electron chi connectivity index (χ1n) is 11.2. The second-order valence-corrected chi connectivity index (χ2v) is 8.37. The van der Waals surface area contributed by atoms with Crippen molar-refractivity contribution in [1.29, 1.82) is 0 Å². The highest BCUT2D eigenvalue weighted by atomic mass is 35.5. The van der Waals surface area contributed by atoms with E-state index in [1.165, 1.54) is 11.0 Å². The molecular formula is C24H24ClN7O3. The molecule has 11 heteroatoms. The molecule has 0 saturated heterocycles. The van der Waals surface area contributed by atoms with Gasteiger partial charge in [-0.15, -0.1) is 5.10 Å². The summed E-state index contributed by atoms with van der Waals surface area (Å²) in [6.45, 7) is 0.316. The van der Waals surface area contributed by atoms with Crippen LogP contribution in [-0.2, 0) is 16.0 Å². The highest BCUT2D eigenvalue weighted by Crippen LogP contribution is 2.20. The van der Waals surface area contributed by atoms with Crippen molar-refractivity contribution in [2.24, 2.45) is 0 Å². The molecule has 10 nitrogen and oxygen atoms in total. The lowest BCUT2D eigenvalue weighted by molar-refractivity contribution is -0.123. The maximum Gasteiger partial charge on any atom is 0.254 e. The molecule has 0 spiro atoms. The molecule has 35 heavy (non-hydrogen) atoms. The van der Waals surface area contributed by atoms with Crippen LogP contribution in [0.3, 0.4) is 0 Å². The average molecular weight is 494 g/mol. The average Bonchev–Trinajstić information content (AvgIpc) is 3.37. The van der Waals surface area contributed by atoms with Gasteiger partial charge in [-0.25, -0.2) is 4.68 Å². The lowest BCUT2D eigenvalue weighted by Crippen LogP contribution is -2.47. The fourth-order valence-corrected chi connectivity index (χ4v) is 3.92. The van der Waals surface area contributed by atoms with Gasteiger partial charge in [0.25, 0.3) is 5.91 Å². The number of para-hydroxylation sites is 1. The highest BCUT2D eigenvalue weighted by Gasteiger charge is 2.22. The Morgan fingerprint density at radius 1 is 1.17 bits per heavy atom. The predicted octanol–water partition coefficient (Wildman–Crippen LogP) is 2.45. The Morgan fingerprint density at radius 3 is 2.86 bits per heavy atom. The Labute approximate surface area is 206 Å². The number of fused-ring (bicyclic) bond motifs is 1. The molecule has 0 bridgehead atoms. The van der Waals surface area contributed by atoms with Crippen LogP contribution in [0.4, 0.5) is 5.69 Å². The smallest absolute Gasteiger partial charge is 0.254 e. The van der Waals surface area contributed by atoms with E-state index >= 15 is 0 Å². The maximum atomic E-state index is 13.0. The lowest BCUT2D eigenvalue weighted by Gasteiger charge is -2.19. The van der Waals surface area contributed by atoms with Crippen LogP contribution in [0.15, 0.2) is 60.9 Å². The molecule has 1 atom stereocenters. The van der Waals surface area contributed by atoms with Gasteiger partial charge in [0.05, 0.1) is 16.9 Å². The van der Waals surface area contributed by atoms with Crippen LogP contribution >= 0.6 is 11.6 Å². The number of anilines is 1. The van der Waals surface area contributed by atoms with E-state index in [4.69, 9.17) is 11.6 Å². The molecule has 1 aliphatic heterocycles. The van der Waals surface area contributed by atoms with Crippen molar-refractivity contribution in [2.75, 3.05) is 11.9 Å².